The predicted molar refractivity (Wildman–Crippen MR) is 69.7 cm³/mol. The molecule has 2 unspecified atom stereocenters. The van der Waals surface area contributed by atoms with Crippen LogP contribution in [0.15, 0.2) is 24.5 Å². The largest absolute Gasteiger partial charge is 0.480 e. The molecule has 2 N–H and O–H groups in total. The summed E-state index contributed by atoms with van der Waals surface area (Å²) in [6.07, 6.45) is 5.85. The third-order valence-electron chi connectivity index (χ3n) is 3.70. The topological polar surface area (TPSA) is 79.3 Å². The molecule has 1 saturated carbocycles. The predicted octanol–water partition coefficient (Wildman–Crippen LogP) is 1.84. The molecule has 1 aliphatic rings. The minimum absolute atomic E-state index is 0.308. The van der Waals surface area contributed by atoms with E-state index in [1.54, 1.807) is 12.1 Å². The number of nitrogens with one attached hydrogen (secondary N) is 1. The number of carbonyl (C=O) groups is 2. The van der Waals surface area contributed by atoms with Gasteiger partial charge in [-0.3, -0.25) is 9.78 Å². The number of amides is 1. The second-order valence-electron chi connectivity index (χ2n) is 5.28. The van der Waals surface area contributed by atoms with Crippen LogP contribution in [0, 0.1) is 5.92 Å². The average Bonchev–Trinajstić information content (AvgIpc) is 2.39. The number of nitrogens with zero attached hydrogens (tertiary/aromatic N) is 1. The maximum atomic E-state index is 12.1. The van der Waals surface area contributed by atoms with Crippen molar-refractivity contribution < 1.29 is 14.7 Å². The normalized spacial score (nSPS) is 26.7. The Bertz CT molecular complexity index is 475. The Morgan fingerprint density at radius 2 is 2.11 bits per heavy atom. The summed E-state index contributed by atoms with van der Waals surface area (Å²) in [5.41, 5.74) is -0.688. The molecule has 1 fully saturated rings. The molecule has 2 atom stereocenters. The van der Waals surface area contributed by atoms with Gasteiger partial charge in [0.15, 0.2) is 0 Å². The van der Waals surface area contributed by atoms with Crippen molar-refractivity contribution in [3.8, 4) is 0 Å². The molecule has 1 aromatic rings. The number of hydrogen-bond acceptors (Lipinski definition) is 3. The molecule has 1 aliphatic carbocycles. The van der Waals surface area contributed by atoms with Gasteiger partial charge in [0.2, 0.25) is 0 Å². The number of carboxylic acid groups (broad SMARTS) is 1. The van der Waals surface area contributed by atoms with E-state index in [0.717, 1.165) is 12.8 Å². The quantitative estimate of drug-likeness (QED) is 0.871. The molecule has 19 heavy (non-hydrogen) atoms. The maximum absolute atomic E-state index is 12.1. The molecule has 0 radical (unpaired) electrons. The van der Waals surface area contributed by atoms with Gasteiger partial charge in [-0.2, -0.15) is 0 Å². The molecule has 0 saturated heterocycles. The van der Waals surface area contributed by atoms with E-state index in [9.17, 15) is 14.7 Å². The summed E-state index contributed by atoms with van der Waals surface area (Å²) in [6.45, 7) is 2.02. The van der Waals surface area contributed by atoms with E-state index < -0.39 is 11.5 Å². The van der Waals surface area contributed by atoms with Crippen LogP contribution >= 0.6 is 0 Å². The van der Waals surface area contributed by atoms with Crippen LogP contribution in [0.25, 0.3) is 0 Å². The standard InChI is InChI=1S/C14H18N2O3/c1-10-3-2-6-14(9-10,13(18)19)16-12(17)11-4-7-15-8-5-11/h4-5,7-8,10H,2-3,6,9H2,1H3,(H,16,17)(H,18,19). The van der Waals surface area contributed by atoms with Gasteiger partial charge in [0.1, 0.15) is 5.54 Å². The first-order valence-electron chi connectivity index (χ1n) is 6.49. The van der Waals surface area contributed by atoms with Crippen molar-refractivity contribution in [3.05, 3.63) is 30.1 Å². The highest BCUT2D eigenvalue weighted by molar-refractivity contribution is 5.97. The summed E-state index contributed by atoms with van der Waals surface area (Å²) in [5.74, 6) is -0.983. The summed E-state index contributed by atoms with van der Waals surface area (Å²) in [5, 5.41) is 12.2. The number of aliphatic carboxylic acids is 1. The summed E-state index contributed by atoms with van der Waals surface area (Å²) in [6, 6.07) is 3.16. The molecule has 1 heterocycles. The van der Waals surface area contributed by atoms with Gasteiger partial charge >= 0.3 is 5.97 Å². The Morgan fingerprint density at radius 1 is 1.42 bits per heavy atom. The number of aromatic nitrogens is 1. The molecule has 5 heteroatoms. The van der Waals surface area contributed by atoms with Gasteiger partial charge in [-0.15, -0.1) is 0 Å². The van der Waals surface area contributed by atoms with Gasteiger partial charge in [0, 0.05) is 18.0 Å². The van der Waals surface area contributed by atoms with Crippen molar-refractivity contribution >= 4 is 11.9 Å². The van der Waals surface area contributed by atoms with Crippen LogP contribution in [0.2, 0.25) is 0 Å². The third kappa shape index (κ3) is 2.92. The van der Waals surface area contributed by atoms with Crippen molar-refractivity contribution in [3.63, 3.8) is 0 Å². The molecule has 0 bridgehead atoms. The van der Waals surface area contributed by atoms with Crippen molar-refractivity contribution in [2.75, 3.05) is 0 Å². The fourth-order valence-corrected chi connectivity index (χ4v) is 2.71. The smallest absolute Gasteiger partial charge is 0.329 e. The van der Waals surface area contributed by atoms with Gasteiger partial charge in [0.25, 0.3) is 5.91 Å². The zero-order chi connectivity index (χ0) is 13.9. The Balaban J connectivity index is 2.18. The minimum Gasteiger partial charge on any atom is -0.480 e. The van der Waals surface area contributed by atoms with E-state index in [4.69, 9.17) is 0 Å². The number of rotatable bonds is 3. The summed E-state index contributed by atoms with van der Waals surface area (Å²) in [7, 11) is 0. The monoisotopic (exact) mass is 262 g/mol. The van der Waals surface area contributed by atoms with Crippen LogP contribution in [-0.2, 0) is 4.79 Å². The number of hydrogen-bond donors (Lipinski definition) is 2. The molecule has 0 spiro atoms. The Kier molecular flexibility index (Phi) is 3.83. The first-order valence-corrected chi connectivity index (χ1v) is 6.49. The molecule has 1 aromatic heterocycles. The van der Waals surface area contributed by atoms with Crippen LogP contribution in [0.1, 0.15) is 43.0 Å². The number of carbonyl (C=O) groups excluding carboxylic acids is 1. The van der Waals surface area contributed by atoms with Crippen molar-refractivity contribution in [2.24, 2.45) is 5.92 Å². The first-order chi connectivity index (χ1) is 9.03. The third-order valence-corrected chi connectivity index (χ3v) is 3.70. The zero-order valence-corrected chi connectivity index (χ0v) is 10.9. The number of pyridine rings is 1. The zero-order valence-electron chi connectivity index (χ0n) is 10.9. The molecular weight excluding hydrogens is 244 g/mol. The van der Waals surface area contributed by atoms with E-state index in [1.165, 1.54) is 12.4 Å². The lowest BCUT2D eigenvalue weighted by molar-refractivity contribution is -0.146. The second kappa shape index (κ2) is 5.38. The number of carboxylic acids is 1. The molecule has 2 rings (SSSR count). The highest BCUT2D eigenvalue weighted by Crippen LogP contribution is 2.32. The average molecular weight is 262 g/mol. The molecule has 0 aliphatic heterocycles. The minimum atomic E-state index is -1.13. The lowest BCUT2D eigenvalue weighted by Gasteiger charge is -2.37. The highest BCUT2D eigenvalue weighted by atomic mass is 16.4. The molecule has 102 valence electrons. The fraction of sp³-hybridized carbons (Fsp3) is 0.500. The fourth-order valence-electron chi connectivity index (χ4n) is 2.71. The lowest BCUT2D eigenvalue weighted by Crippen LogP contribution is -2.56. The molecule has 1 amide bonds. The van der Waals surface area contributed by atoms with Crippen LogP contribution in [0.3, 0.4) is 0 Å². The molecular formula is C14H18N2O3. The summed E-state index contributed by atoms with van der Waals surface area (Å²) >= 11 is 0. The van der Waals surface area contributed by atoms with Gasteiger partial charge in [-0.05, 0) is 30.9 Å². The van der Waals surface area contributed by atoms with E-state index in [-0.39, 0.29) is 5.91 Å². The Morgan fingerprint density at radius 3 is 2.68 bits per heavy atom. The van der Waals surface area contributed by atoms with Crippen molar-refractivity contribution in [1.82, 2.24) is 10.3 Å². The first kappa shape index (κ1) is 13.5. The molecule has 0 aromatic carbocycles. The van der Waals surface area contributed by atoms with Crippen LogP contribution < -0.4 is 5.32 Å². The molecule has 5 nitrogen and oxygen atoms in total. The van der Waals surface area contributed by atoms with Gasteiger partial charge in [-0.25, -0.2) is 4.79 Å². The Hall–Kier alpha value is -1.91. The van der Waals surface area contributed by atoms with E-state index in [1.807, 2.05) is 6.92 Å². The van der Waals surface area contributed by atoms with Gasteiger partial charge in [0.05, 0.1) is 0 Å². The lowest BCUT2D eigenvalue weighted by atomic mass is 9.76. The Labute approximate surface area is 112 Å². The van der Waals surface area contributed by atoms with Gasteiger partial charge < -0.3 is 10.4 Å². The van der Waals surface area contributed by atoms with Gasteiger partial charge in [-0.1, -0.05) is 19.8 Å². The maximum Gasteiger partial charge on any atom is 0.329 e. The summed E-state index contributed by atoms with van der Waals surface area (Å²) in [4.78, 5) is 27.5. The van der Waals surface area contributed by atoms with Crippen LogP contribution in [-0.4, -0.2) is 27.5 Å². The van der Waals surface area contributed by atoms with E-state index in [0.29, 0.717) is 24.3 Å². The second-order valence-corrected chi connectivity index (χ2v) is 5.28. The van der Waals surface area contributed by atoms with Crippen LogP contribution in [0.4, 0.5) is 0 Å². The summed E-state index contributed by atoms with van der Waals surface area (Å²) < 4.78 is 0. The van der Waals surface area contributed by atoms with Crippen molar-refractivity contribution in [1.29, 1.82) is 0 Å². The van der Waals surface area contributed by atoms with Crippen LogP contribution in [0.5, 0.6) is 0 Å². The van der Waals surface area contributed by atoms with E-state index >= 15 is 0 Å². The van der Waals surface area contributed by atoms with E-state index in [2.05, 4.69) is 10.3 Å². The highest BCUT2D eigenvalue weighted by Gasteiger charge is 2.43. The van der Waals surface area contributed by atoms with Crippen molar-refractivity contribution in [2.45, 2.75) is 38.1 Å². The SMILES string of the molecule is CC1CCCC(NC(=O)c2ccncc2)(C(=O)O)C1.